The van der Waals surface area contributed by atoms with Crippen molar-refractivity contribution in [3.63, 3.8) is 0 Å². The molecule has 0 aliphatic heterocycles. The first-order valence-electron chi connectivity index (χ1n) is 8.62. The summed E-state index contributed by atoms with van der Waals surface area (Å²) in [7, 11) is 0. The highest BCUT2D eigenvalue weighted by atomic mass is 32.1. The number of hydrogen-bond donors (Lipinski definition) is 3. The zero-order valence-corrected chi connectivity index (χ0v) is 15.5. The summed E-state index contributed by atoms with van der Waals surface area (Å²) in [5.74, 6) is -0.914. The number of amides is 2. The number of thiazole rings is 1. The quantitative estimate of drug-likeness (QED) is 0.437. The van der Waals surface area contributed by atoms with Gasteiger partial charge in [0.25, 0.3) is 0 Å². The second kappa shape index (κ2) is 10.5. The summed E-state index contributed by atoms with van der Waals surface area (Å²) in [6.45, 7) is 3.89. The molecule has 2 rings (SSSR count). The Morgan fingerprint density at radius 1 is 1.12 bits per heavy atom. The van der Waals surface area contributed by atoms with Crippen LogP contribution in [0.5, 0.6) is 0 Å². The van der Waals surface area contributed by atoms with Gasteiger partial charge in [0.15, 0.2) is 5.13 Å². The average Bonchev–Trinajstić information content (AvgIpc) is 3.10. The maximum absolute atomic E-state index is 13.7. The van der Waals surface area contributed by atoms with Gasteiger partial charge in [0.05, 0.1) is 16.6 Å². The van der Waals surface area contributed by atoms with Gasteiger partial charge in [0.1, 0.15) is 5.82 Å². The number of rotatable bonds is 10. The number of nitrogens with one attached hydrogen (secondary N) is 3. The van der Waals surface area contributed by atoms with Gasteiger partial charge in [-0.2, -0.15) is 0 Å². The summed E-state index contributed by atoms with van der Waals surface area (Å²) >= 11 is 1.18. The molecular weight excluding hydrogens is 355 g/mol. The van der Waals surface area contributed by atoms with Crippen LogP contribution in [0.25, 0.3) is 0 Å². The van der Waals surface area contributed by atoms with Crippen LogP contribution in [0.2, 0.25) is 0 Å². The molecule has 0 aliphatic carbocycles. The monoisotopic (exact) mass is 378 g/mol. The van der Waals surface area contributed by atoms with E-state index in [1.54, 1.807) is 12.1 Å². The molecule has 0 unspecified atom stereocenters. The molecule has 0 fully saturated rings. The van der Waals surface area contributed by atoms with E-state index in [2.05, 4.69) is 27.9 Å². The van der Waals surface area contributed by atoms with Crippen LogP contribution in [0.15, 0.2) is 30.5 Å². The van der Waals surface area contributed by atoms with E-state index in [1.807, 2.05) is 0 Å². The van der Waals surface area contributed by atoms with Crippen molar-refractivity contribution in [1.29, 1.82) is 0 Å². The molecule has 2 amide bonds. The second-order valence-corrected chi connectivity index (χ2v) is 6.69. The smallest absolute Gasteiger partial charge is 0.314 e. The van der Waals surface area contributed by atoms with E-state index in [-0.39, 0.29) is 17.4 Å². The molecule has 2 aromatic rings. The summed E-state index contributed by atoms with van der Waals surface area (Å²) in [6, 6.07) is 5.73. The lowest BCUT2D eigenvalue weighted by Gasteiger charge is -2.07. The summed E-state index contributed by atoms with van der Waals surface area (Å²) in [5.41, 5.74) is 0.0426. The number of anilines is 1. The number of unbranched alkanes of at least 4 members (excludes halogenated alkanes) is 1. The predicted octanol–water partition coefficient (Wildman–Crippen LogP) is 3.41. The van der Waals surface area contributed by atoms with Gasteiger partial charge in [0.2, 0.25) is 5.78 Å². The Balaban J connectivity index is 1.71. The standard InChI is InChI=1S/C18H23FN4O2S/c1-2-3-9-20-17(25)21-10-6-11-22-18-23-12-15(26-18)16(24)13-7-4-5-8-14(13)19/h4-5,7-8,12H,2-3,6,9-11H2,1H3,(H,22,23)(H2,20,21,25). The minimum absolute atomic E-state index is 0.0426. The first kappa shape index (κ1) is 19.8. The van der Waals surface area contributed by atoms with Crippen LogP contribution in [-0.2, 0) is 0 Å². The summed E-state index contributed by atoms with van der Waals surface area (Å²) in [5, 5.41) is 9.25. The van der Waals surface area contributed by atoms with Crippen molar-refractivity contribution in [2.45, 2.75) is 26.2 Å². The molecule has 140 valence electrons. The fourth-order valence-corrected chi connectivity index (χ4v) is 2.96. The third kappa shape index (κ3) is 6.11. The number of urea groups is 1. The summed E-state index contributed by atoms with van der Waals surface area (Å²) < 4.78 is 13.7. The van der Waals surface area contributed by atoms with Crippen LogP contribution in [0.1, 0.15) is 41.4 Å². The number of carbonyl (C=O) groups excluding carboxylic acids is 2. The van der Waals surface area contributed by atoms with E-state index in [0.29, 0.717) is 29.6 Å². The summed E-state index contributed by atoms with van der Waals surface area (Å²) in [6.07, 6.45) is 4.17. The second-order valence-electron chi connectivity index (χ2n) is 5.66. The minimum atomic E-state index is -0.538. The van der Waals surface area contributed by atoms with Crippen LogP contribution < -0.4 is 16.0 Å². The third-order valence-corrected chi connectivity index (χ3v) is 4.53. The molecule has 1 heterocycles. The highest BCUT2D eigenvalue weighted by Gasteiger charge is 2.16. The van der Waals surface area contributed by atoms with E-state index in [0.717, 1.165) is 19.3 Å². The van der Waals surface area contributed by atoms with Crippen molar-refractivity contribution >= 4 is 28.3 Å². The molecule has 1 aromatic heterocycles. The lowest BCUT2D eigenvalue weighted by molar-refractivity contribution is 0.103. The molecule has 0 saturated heterocycles. The van der Waals surface area contributed by atoms with Crippen molar-refractivity contribution in [1.82, 2.24) is 15.6 Å². The highest BCUT2D eigenvalue weighted by molar-refractivity contribution is 7.17. The molecule has 1 aromatic carbocycles. The van der Waals surface area contributed by atoms with Crippen molar-refractivity contribution < 1.29 is 14.0 Å². The van der Waals surface area contributed by atoms with Crippen LogP contribution >= 0.6 is 11.3 Å². The molecule has 0 bridgehead atoms. The number of halogens is 1. The predicted molar refractivity (Wildman–Crippen MR) is 101 cm³/mol. The topological polar surface area (TPSA) is 83.1 Å². The van der Waals surface area contributed by atoms with Gasteiger partial charge in [0, 0.05) is 19.6 Å². The molecule has 0 radical (unpaired) electrons. The number of nitrogens with zero attached hydrogens (tertiary/aromatic N) is 1. The maximum atomic E-state index is 13.7. The molecule has 0 aliphatic rings. The number of ketones is 1. The van der Waals surface area contributed by atoms with Crippen molar-refractivity contribution in [2.75, 3.05) is 25.0 Å². The van der Waals surface area contributed by atoms with Gasteiger partial charge < -0.3 is 16.0 Å². The minimum Gasteiger partial charge on any atom is -0.361 e. The Kier molecular flexibility index (Phi) is 8.01. The lowest BCUT2D eigenvalue weighted by Crippen LogP contribution is -2.36. The van der Waals surface area contributed by atoms with Crippen LogP contribution in [0, 0.1) is 5.82 Å². The Morgan fingerprint density at radius 2 is 1.85 bits per heavy atom. The van der Waals surface area contributed by atoms with Crippen molar-refractivity contribution in [2.24, 2.45) is 0 Å². The average molecular weight is 378 g/mol. The van der Waals surface area contributed by atoms with E-state index >= 15 is 0 Å². The molecule has 3 N–H and O–H groups in total. The van der Waals surface area contributed by atoms with Gasteiger partial charge in [-0.3, -0.25) is 4.79 Å². The Labute approximate surface area is 156 Å². The highest BCUT2D eigenvalue weighted by Crippen LogP contribution is 2.22. The summed E-state index contributed by atoms with van der Waals surface area (Å²) in [4.78, 5) is 28.3. The van der Waals surface area contributed by atoms with E-state index in [1.165, 1.54) is 29.7 Å². The number of aromatic nitrogens is 1. The molecular formula is C18H23FN4O2S. The zero-order valence-electron chi connectivity index (χ0n) is 14.7. The van der Waals surface area contributed by atoms with Crippen LogP contribution in [-0.4, -0.2) is 36.4 Å². The molecule has 26 heavy (non-hydrogen) atoms. The number of benzene rings is 1. The first-order valence-corrected chi connectivity index (χ1v) is 9.44. The van der Waals surface area contributed by atoms with E-state index < -0.39 is 5.82 Å². The van der Waals surface area contributed by atoms with E-state index in [9.17, 15) is 14.0 Å². The Bertz CT molecular complexity index is 735. The Hall–Kier alpha value is -2.48. The number of carbonyl (C=O) groups is 2. The van der Waals surface area contributed by atoms with Gasteiger partial charge in [-0.15, -0.1) is 0 Å². The zero-order chi connectivity index (χ0) is 18.8. The fraction of sp³-hybridized carbons (Fsp3) is 0.389. The molecule has 6 nitrogen and oxygen atoms in total. The Morgan fingerprint density at radius 3 is 2.58 bits per heavy atom. The third-order valence-electron chi connectivity index (χ3n) is 3.58. The van der Waals surface area contributed by atoms with Gasteiger partial charge in [-0.25, -0.2) is 14.2 Å². The van der Waals surface area contributed by atoms with Gasteiger partial charge in [-0.05, 0) is 25.0 Å². The van der Waals surface area contributed by atoms with Gasteiger partial charge >= 0.3 is 6.03 Å². The molecule has 8 heteroatoms. The molecule has 0 spiro atoms. The normalized spacial score (nSPS) is 10.4. The van der Waals surface area contributed by atoms with Gasteiger partial charge in [-0.1, -0.05) is 36.8 Å². The van der Waals surface area contributed by atoms with Crippen molar-refractivity contribution in [3.05, 3.63) is 46.7 Å². The molecule has 0 saturated carbocycles. The fourth-order valence-electron chi connectivity index (χ4n) is 2.17. The van der Waals surface area contributed by atoms with Crippen LogP contribution in [0.3, 0.4) is 0 Å². The lowest BCUT2D eigenvalue weighted by atomic mass is 10.1. The van der Waals surface area contributed by atoms with Crippen LogP contribution in [0.4, 0.5) is 14.3 Å². The number of hydrogen-bond acceptors (Lipinski definition) is 5. The van der Waals surface area contributed by atoms with Crippen molar-refractivity contribution in [3.8, 4) is 0 Å². The van der Waals surface area contributed by atoms with E-state index in [4.69, 9.17) is 0 Å². The largest absolute Gasteiger partial charge is 0.361 e. The maximum Gasteiger partial charge on any atom is 0.314 e. The SMILES string of the molecule is CCCCNC(=O)NCCCNc1ncc(C(=O)c2ccccc2F)s1. The molecule has 0 atom stereocenters. The first-order chi connectivity index (χ1) is 12.6.